The van der Waals surface area contributed by atoms with E-state index in [1.807, 2.05) is 6.07 Å². The molecule has 1 aromatic carbocycles. The summed E-state index contributed by atoms with van der Waals surface area (Å²) in [5.41, 5.74) is 0.831. The molecule has 0 radical (unpaired) electrons. The Hall–Kier alpha value is -0.900. The molecule has 80 valence electrons. The molecule has 2 nitrogen and oxygen atoms in total. The van der Waals surface area contributed by atoms with Gasteiger partial charge in [0.05, 0.1) is 0 Å². The maximum Gasteiger partial charge on any atom is 0.222 e. The van der Waals surface area contributed by atoms with Gasteiger partial charge in [-0.3, -0.25) is 4.79 Å². The van der Waals surface area contributed by atoms with Crippen molar-refractivity contribution in [3.05, 3.63) is 34.1 Å². The standard InChI is InChI=1S/C11H11BrFNO/c12-9-4-8(5-10(13)6-9)7-14-3-1-2-11(14)15/h4-6H,1-3,7H2. The van der Waals surface area contributed by atoms with Crippen LogP contribution in [0, 0.1) is 5.82 Å². The van der Waals surface area contributed by atoms with Gasteiger partial charge in [-0.2, -0.15) is 0 Å². The van der Waals surface area contributed by atoms with Gasteiger partial charge in [-0.1, -0.05) is 15.9 Å². The smallest absolute Gasteiger partial charge is 0.222 e. The summed E-state index contributed by atoms with van der Waals surface area (Å²) in [5.74, 6) is -0.110. The highest BCUT2D eigenvalue weighted by Crippen LogP contribution is 2.19. The number of rotatable bonds is 2. The second-order valence-electron chi connectivity index (χ2n) is 3.70. The van der Waals surface area contributed by atoms with Gasteiger partial charge in [0.25, 0.3) is 0 Å². The molecule has 1 aliphatic heterocycles. The normalized spacial score (nSPS) is 16.1. The quantitative estimate of drug-likeness (QED) is 0.810. The van der Waals surface area contributed by atoms with Crippen LogP contribution < -0.4 is 0 Å². The summed E-state index contributed by atoms with van der Waals surface area (Å²) in [4.78, 5) is 13.1. The third kappa shape index (κ3) is 2.56. The van der Waals surface area contributed by atoms with Crippen molar-refractivity contribution >= 4 is 21.8 Å². The molecule has 1 saturated heterocycles. The number of hydrogen-bond donors (Lipinski definition) is 0. The van der Waals surface area contributed by atoms with E-state index in [1.165, 1.54) is 12.1 Å². The van der Waals surface area contributed by atoms with Crippen LogP contribution in [0.4, 0.5) is 4.39 Å². The average Bonchev–Trinajstić information content (AvgIpc) is 2.50. The maximum atomic E-state index is 13.1. The topological polar surface area (TPSA) is 20.3 Å². The molecule has 0 N–H and O–H groups in total. The van der Waals surface area contributed by atoms with Gasteiger partial charge in [0.2, 0.25) is 5.91 Å². The molecule has 4 heteroatoms. The van der Waals surface area contributed by atoms with E-state index >= 15 is 0 Å². The Labute approximate surface area is 96.2 Å². The van der Waals surface area contributed by atoms with Gasteiger partial charge in [0.15, 0.2) is 0 Å². The lowest BCUT2D eigenvalue weighted by atomic mass is 10.2. The first-order valence-corrected chi connectivity index (χ1v) is 5.67. The lowest BCUT2D eigenvalue weighted by Gasteiger charge is -2.15. The predicted octanol–water partition coefficient (Wildman–Crippen LogP) is 2.71. The van der Waals surface area contributed by atoms with Crippen LogP contribution in [0.15, 0.2) is 22.7 Å². The highest BCUT2D eigenvalue weighted by Gasteiger charge is 2.20. The van der Waals surface area contributed by atoms with E-state index in [0.717, 1.165) is 18.5 Å². The van der Waals surface area contributed by atoms with Crippen LogP contribution in [0.3, 0.4) is 0 Å². The first kappa shape index (κ1) is 10.6. The molecule has 0 unspecified atom stereocenters. The van der Waals surface area contributed by atoms with E-state index in [9.17, 15) is 9.18 Å². The fraction of sp³-hybridized carbons (Fsp3) is 0.364. The summed E-state index contributed by atoms with van der Waals surface area (Å²) in [6.45, 7) is 1.29. The third-order valence-corrected chi connectivity index (χ3v) is 2.92. The molecule has 1 fully saturated rings. The second kappa shape index (κ2) is 4.31. The lowest BCUT2D eigenvalue weighted by Crippen LogP contribution is -2.23. The molecule has 0 spiro atoms. The number of benzene rings is 1. The van der Waals surface area contributed by atoms with Crippen LogP contribution in [0.5, 0.6) is 0 Å². The average molecular weight is 272 g/mol. The largest absolute Gasteiger partial charge is 0.338 e. The number of hydrogen-bond acceptors (Lipinski definition) is 1. The highest BCUT2D eigenvalue weighted by molar-refractivity contribution is 9.10. The maximum absolute atomic E-state index is 13.1. The summed E-state index contributed by atoms with van der Waals surface area (Å²) in [6, 6.07) is 4.72. The zero-order valence-electron chi connectivity index (χ0n) is 8.17. The SMILES string of the molecule is O=C1CCCN1Cc1cc(F)cc(Br)c1. The Morgan fingerprint density at radius 2 is 2.20 bits per heavy atom. The Morgan fingerprint density at radius 3 is 2.80 bits per heavy atom. The molecular formula is C11H11BrFNO. The van der Waals surface area contributed by atoms with Crippen molar-refractivity contribution in [2.45, 2.75) is 19.4 Å². The van der Waals surface area contributed by atoms with Crippen molar-refractivity contribution in [2.24, 2.45) is 0 Å². The van der Waals surface area contributed by atoms with Gasteiger partial charge >= 0.3 is 0 Å². The molecule has 15 heavy (non-hydrogen) atoms. The Kier molecular flexibility index (Phi) is 3.05. The van der Waals surface area contributed by atoms with Gasteiger partial charge in [-0.05, 0) is 30.2 Å². The van der Waals surface area contributed by atoms with Gasteiger partial charge in [0.1, 0.15) is 5.82 Å². The Morgan fingerprint density at radius 1 is 1.40 bits per heavy atom. The number of amides is 1. The molecule has 0 aromatic heterocycles. The number of halogens is 2. The summed E-state index contributed by atoms with van der Waals surface area (Å²) >= 11 is 3.23. The summed E-state index contributed by atoms with van der Waals surface area (Å²) in [7, 11) is 0. The molecular weight excluding hydrogens is 261 g/mol. The summed E-state index contributed by atoms with van der Waals surface area (Å²) in [5, 5.41) is 0. The van der Waals surface area contributed by atoms with Gasteiger partial charge in [-0.25, -0.2) is 4.39 Å². The van der Waals surface area contributed by atoms with Gasteiger partial charge in [-0.15, -0.1) is 0 Å². The summed E-state index contributed by atoms with van der Waals surface area (Å²) in [6.07, 6.45) is 1.53. The lowest BCUT2D eigenvalue weighted by molar-refractivity contribution is -0.128. The molecule has 0 aliphatic carbocycles. The molecule has 0 saturated carbocycles. The van der Waals surface area contributed by atoms with Crippen LogP contribution in [0.25, 0.3) is 0 Å². The number of carbonyl (C=O) groups excluding carboxylic acids is 1. The first-order valence-electron chi connectivity index (χ1n) is 4.88. The number of nitrogens with zero attached hydrogens (tertiary/aromatic N) is 1. The van der Waals surface area contributed by atoms with E-state index in [0.29, 0.717) is 17.4 Å². The fourth-order valence-corrected chi connectivity index (χ4v) is 2.31. The zero-order chi connectivity index (χ0) is 10.8. The van der Waals surface area contributed by atoms with Crippen LogP contribution >= 0.6 is 15.9 Å². The second-order valence-corrected chi connectivity index (χ2v) is 4.61. The van der Waals surface area contributed by atoms with Crippen molar-refractivity contribution in [3.63, 3.8) is 0 Å². The molecule has 2 rings (SSSR count). The molecule has 1 amide bonds. The Bertz CT molecular complexity index is 374. The fourth-order valence-electron chi connectivity index (χ4n) is 1.79. The minimum atomic E-state index is -0.272. The van der Waals surface area contributed by atoms with Crippen molar-refractivity contribution in [2.75, 3.05) is 6.54 Å². The van der Waals surface area contributed by atoms with Crippen molar-refractivity contribution in [1.29, 1.82) is 0 Å². The summed E-state index contributed by atoms with van der Waals surface area (Å²) < 4.78 is 13.8. The van der Waals surface area contributed by atoms with Crippen LogP contribution in [-0.2, 0) is 11.3 Å². The molecule has 1 aliphatic rings. The van der Waals surface area contributed by atoms with E-state index < -0.39 is 0 Å². The minimum absolute atomic E-state index is 0.162. The predicted molar refractivity (Wildman–Crippen MR) is 58.8 cm³/mol. The van der Waals surface area contributed by atoms with E-state index in [2.05, 4.69) is 15.9 Å². The minimum Gasteiger partial charge on any atom is -0.338 e. The van der Waals surface area contributed by atoms with Crippen molar-refractivity contribution < 1.29 is 9.18 Å². The molecule has 0 bridgehead atoms. The highest BCUT2D eigenvalue weighted by atomic mass is 79.9. The van der Waals surface area contributed by atoms with Crippen molar-refractivity contribution in [1.82, 2.24) is 4.90 Å². The molecule has 1 heterocycles. The molecule has 1 aromatic rings. The third-order valence-electron chi connectivity index (χ3n) is 2.47. The van der Waals surface area contributed by atoms with Gasteiger partial charge < -0.3 is 4.90 Å². The van der Waals surface area contributed by atoms with Crippen molar-refractivity contribution in [3.8, 4) is 0 Å². The van der Waals surface area contributed by atoms with E-state index in [4.69, 9.17) is 0 Å². The van der Waals surface area contributed by atoms with Crippen LogP contribution in [0.1, 0.15) is 18.4 Å². The zero-order valence-corrected chi connectivity index (χ0v) is 9.76. The van der Waals surface area contributed by atoms with E-state index in [-0.39, 0.29) is 11.7 Å². The Balaban J connectivity index is 2.13. The monoisotopic (exact) mass is 271 g/mol. The van der Waals surface area contributed by atoms with Crippen LogP contribution in [-0.4, -0.2) is 17.4 Å². The molecule has 0 atom stereocenters. The van der Waals surface area contributed by atoms with Gasteiger partial charge in [0, 0.05) is 24.0 Å². The first-order chi connectivity index (χ1) is 7.15. The number of likely N-dealkylation sites (tertiary alicyclic amines) is 1. The van der Waals surface area contributed by atoms with Crippen LogP contribution in [0.2, 0.25) is 0 Å². The number of carbonyl (C=O) groups is 1. The van der Waals surface area contributed by atoms with E-state index in [1.54, 1.807) is 4.90 Å².